The lowest BCUT2D eigenvalue weighted by Crippen LogP contribution is -2.50. The number of nitrogens with zero attached hydrogens (tertiary/aromatic N) is 2. The summed E-state index contributed by atoms with van der Waals surface area (Å²) in [6.45, 7) is 0.361. The summed E-state index contributed by atoms with van der Waals surface area (Å²) < 4.78 is 0. The van der Waals surface area contributed by atoms with Crippen LogP contribution < -0.4 is 23.2 Å². The molecule has 14 heavy (non-hydrogen) atoms. The van der Waals surface area contributed by atoms with Gasteiger partial charge in [-0.1, -0.05) is 0 Å². The molecule has 0 fully saturated rings. The van der Waals surface area contributed by atoms with E-state index in [0.29, 0.717) is 24.5 Å². The van der Waals surface area contributed by atoms with Gasteiger partial charge in [0.2, 0.25) is 0 Å². The van der Waals surface area contributed by atoms with E-state index in [1.165, 1.54) is 0 Å². The van der Waals surface area contributed by atoms with Gasteiger partial charge in [0.15, 0.2) is 5.96 Å². The smallest absolute Gasteiger partial charge is 0.323 e. The SMILES string of the molecule is NC(N)=NCCCC(C(=O)O)N(N)N. The molecule has 0 rings (SSSR count). The lowest BCUT2D eigenvalue weighted by atomic mass is 10.1. The topological polar surface area (TPSA) is 157 Å². The predicted octanol–water partition coefficient (Wildman–Crippen LogP) is -2.46. The second kappa shape index (κ2) is 6.13. The highest BCUT2D eigenvalue weighted by Gasteiger charge is 2.19. The van der Waals surface area contributed by atoms with Crippen molar-refractivity contribution in [1.29, 1.82) is 0 Å². The van der Waals surface area contributed by atoms with Crippen LogP contribution >= 0.6 is 0 Å². The van der Waals surface area contributed by atoms with Gasteiger partial charge in [0.25, 0.3) is 0 Å². The second-order valence-corrected chi connectivity index (χ2v) is 2.75. The summed E-state index contributed by atoms with van der Waals surface area (Å²) in [7, 11) is 0. The van der Waals surface area contributed by atoms with E-state index >= 15 is 0 Å². The van der Waals surface area contributed by atoms with Crippen LogP contribution in [0.3, 0.4) is 0 Å². The normalized spacial score (nSPS) is 12.5. The molecule has 82 valence electrons. The van der Waals surface area contributed by atoms with Crippen LogP contribution in [0.4, 0.5) is 0 Å². The van der Waals surface area contributed by atoms with E-state index < -0.39 is 12.0 Å². The molecule has 8 heteroatoms. The molecule has 0 saturated heterocycles. The van der Waals surface area contributed by atoms with Crippen LogP contribution in [-0.2, 0) is 4.79 Å². The van der Waals surface area contributed by atoms with Gasteiger partial charge in [-0.25, -0.2) is 0 Å². The zero-order chi connectivity index (χ0) is 11.1. The molecule has 0 aromatic rings. The second-order valence-electron chi connectivity index (χ2n) is 2.75. The molecule has 0 amide bonds. The van der Waals surface area contributed by atoms with E-state index in [-0.39, 0.29) is 5.96 Å². The fourth-order valence-corrected chi connectivity index (χ4v) is 0.893. The third-order valence-electron chi connectivity index (χ3n) is 1.58. The van der Waals surface area contributed by atoms with Crippen LogP contribution in [0.25, 0.3) is 0 Å². The third-order valence-corrected chi connectivity index (χ3v) is 1.58. The van der Waals surface area contributed by atoms with Gasteiger partial charge in [0.05, 0.1) is 0 Å². The van der Waals surface area contributed by atoms with E-state index in [9.17, 15) is 4.79 Å². The Morgan fingerprint density at radius 3 is 2.36 bits per heavy atom. The highest BCUT2D eigenvalue weighted by Crippen LogP contribution is 2.00. The number of guanidine groups is 1. The molecule has 0 aromatic heterocycles. The lowest BCUT2D eigenvalue weighted by Gasteiger charge is -2.18. The quantitative estimate of drug-likeness (QED) is 0.105. The van der Waals surface area contributed by atoms with E-state index in [0.717, 1.165) is 0 Å². The van der Waals surface area contributed by atoms with E-state index in [1.807, 2.05) is 0 Å². The molecule has 0 bridgehead atoms. The highest BCUT2D eigenvalue weighted by molar-refractivity contribution is 5.75. The summed E-state index contributed by atoms with van der Waals surface area (Å²) in [5.41, 5.74) is 10.2. The number of carboxylic acid groups (broad SMARTS) is 1. The van der Waals surface area contributed by atoms with Crippen LogP contribution in [0.2, 0.25) is 0 Å². The first-order valence-electron chi connectivity index (χ1n) is 4.02. The molecule has 0 aliphatic carbocycles. The summed E-state index contributed by atoms with van der Waals surface area (Å²) >= 11 is 0. The number of carboxylic acids is 1. The Bertz CT molecular complexity index is 212. The first-order valence-corrected chi connectivity index (χ1v) is 4.02. The highest BCUT2D eigenvalue weighted by atomic mass is 16.4. The number of rotatable bonds is 6. The molecule has 0 spiro atoms. The van der Waals surface area contributed by atoms with Crippen molar-refractivity contribution in [1.82, 2.24) is 5.12 Å². The Kier molecular flexibility index (Phi) is 5.53. The Labute approximate surface area is 81.5 Å². The van der Waals surface area contributed by atoms with Crippen LogP contribution in [0.1, 0.15) is 12.8 Å². The van der Waals surface area contributed by atoms with Crippen LogP contribution in [0.15, 0.2) is 4.99 Å². The van der Waals surface area contributed by atoms with Gasteiger partial charge >= 0.3 is 5.97 Å². The summed E-state index contributed by atoms with van der Waals surface area (Å²) in [6, 6.07) is -0.913. The fraction of sp³-hybridized carbons (Fsp3) is 0.667. The molecule has 0 radical (unpaired) electrons. The van der Waals surface area contributed by atoms with Crippen molar-refractivity contribution in [3.8, 4) is 0 Å². The van der Waals surface area contributed by atoms with Crippen molar-refractivity contribution in [2.75, 3.05) is 6.54 Å². The van der Waals surface area contributed by atoms with Gasteiger partial charge in [-0.3, -0.25) is 21.5 Å². The molecule has 1 unspecified atom stereocenters. The summed E-state index contributed by atoms with van der Waals surface area (Å²) in [4.78, 5) is 14.3. The largest absolute Gasteiger partial charge is 0.480 e. The Morgan fingerprint density at radius 2 is 2.00 bits per heavy atom. The number of hydrogen-bond acceptors (Lipinski definition) is 5. The number of hydrogen-bond donors (Lipinski definition) is 5. The van der Waals surface area contributed by atoms with Gasteiger partial charge in [-0.15, -0.1) is 0 Å². The average molecular weight is 204 g/mol. The first-order chi connectivity index (χ1) is 6.45. The zero-order valence-corrected chi connectivity index (χ0v) is 7.76. The van der Waals surface area contributed by atoms with Crippen molar-refractivity contribution in [3.63, 3.8) is 0 Å². The Morgan fingerprint density at radius 1 is 1.43 bits per heavy atom. The number of carbonyl (C=O) groups is 1. The summed E-state index contributed by atoms with van der Waals surface area (Å²) in [5.74, 6) is 9.16. The van der Waals surface area contributed by atoms with Gasteiger partial charge in [0, 0.05) is 6.54 Å². The summed E-state index contributed by atoms with van der Waals surface area (Å²) in [5, 5.41) is 9.33. The van der Waals surface area contributed by atoms with Gasteiger partial charge in [-0.05, 0) is 12.8 Å². The minimum atomic E-state index is -1.07. The zero-order valence-electron chi connectivity index (χ0n) is 7.76. The maximum atomic E-state index is 10.6. The van der Waals surface area contributed by atoms with Crippen molar-refractivity contribution in [2.24, 2.45) is 28.1 Å². The molecule has 0 aliphatic heterocycles. The van der Waals surface area contributed by atoms with Crippen molar-refractivity contribution >= 4 is 11.9 Å². The minimum absolute atomic E-state index is 0.0192. The molecule has 0 heterocycles. The van der Waals surface area contributed by atoms with Crippen LogP contribution in [-0.4, -0.2) is 34.7 Å². The lowest BCUT2D eigenvalue weighted by molar-refractivity contribution is -0.143. The Balaban J connectivity index is 3.84. The number of hydrazine groups is 2. The maximum absolute atomic E-state index is 10.6. The molecule has 0 saturated carbocycles. The van der Waals surface area contributed by atoms with Gasteiger partial charge < -0.3 is 16.6 Å². The molecular formula is C6H16N6O2. The monoisotopic (exact) mass is 204 g/mol. The molecule has 9 N–H and O–H groups in total. The van der Waals surface area contributed by atoms with Crippen molar-refractivity contribution < 1.29 is 9.90 Å². The van der Waals surface area contributed by atoms with Gasteiger partial charge in [0.1, 0.15) is 6.04 Å². The van der Waals surface area contributed by atoms with E-state index in [4.69, 9.17) is 28.3 Å². The number of nitrogens with two attached hydrogens (primary N) is 4. The van der Waals surface area contributed by atoms with E-state index in [1.54, 1.807) is 0 Å². The third kappa shape index (κ3) is 5.30. The summed E-state index contributed by atoms with van der Waals surface area (Å²) in [6.07, 6.45) is 0.791. The van der Waals surface area contributed by atoms with E-state index in [2.05, 4.69) is 4.99 Å². The average Bonchev–Trinajstić information content (AvgIpc) is 2.01. The van der Waals surface area contributed by atoms with Crippen molar-refractivity contribution in [2.45, 2.75) is 18.9 Å². The molecule has 1 atom stereocenters. The molecule has 0 aliphatic rings. The van der Waals surface area contributed by atoms with Gasteiger partial charge in [-0.2, -0.15) is 5.12 Å². The minimum Gasteiger partial charge on any atom is -0.480 e. The number of aliphatic carboxylic acids is 1. The molecular weight excluding hydrogens is 188 g/mol. The van der Waals surface area contributed by atoms with Crippen LogP contribution in [0.5, 0.6) is 0 Å². The molecule has 0 aromatic carbocycles. The van der Waals surface area contributed by atoms with Crippen LogP contribution in [0, 0.1) is 0 Å². The standard InChI is InChI=1S/C6H16N6O2/c7-6(8)11-3-1-2-4(5(13)14)12(9)10/h4H,1-3,9-10H2,(H,13,14)(H4,7,8,11). The maximum Gasteiger partial charge on any atom is 0.323 e. The number of aliphatic imine (C=N–C) groups is 1. The van der Waals surface area contributed by atoms with Crippen molar-refractivity contribution in [3.05, 3.63) is 0 Å². The Hall–Kier alpha value is -1.38. The predicted molar refractivity (Wildman–Crippen MR) is 51.5 cm³/mol. The first kappa shape index (κ1) is 12.6. The fourth-order valence-electron chi connectivity index (χ4n) is 0.893. The molecule has 8 nitrogen and oxygen atoms in total.